The van der Waals surface area contributed by atoms with Crippen molar-refractivity contribution in [3.63, 3.8) is 0 Å². The van der Waals surface area contributed by atoms with E-state index in [1.807, 2.05) is 42.5 Å². The second-order valence-electron chi connectivity index (χ2n) is 4.29. The minimum Gasteiger partial charge on any atom is -0.497 e. The summed E-state index contributed by atoms with van der Waals surface area (Å²) < 4.78 is 6.68. The molecule has 0 radical (unpaired) electrons. The van der Waals surface area contributed by atoms with Gasteiger partial charge in [0.2, 0.25) is 0 Å². The van der Waals surface area contributed by atoms with Gasteiger partial charge in [-0.15, -0.1) is 0 Å². The van der Waals surface area contributed by atoms with Crippen molar-refractivity contribution < 1.29 is 9.57 Å². The number of ether oxygens (including phenoxy) is 1. The molecule has 0 amide bonds. The number of pyridine rings is 1. The van der Waals surface area contributed by atoms with Gasteiger partial charge in [0.25, 0.3) is 0 Å². The molecule has 4 heteroatoms. The number of benzene rings is 2. The molecule has 0 spiro atoms. The van der Waals surface area contributed by atoms with Gasteiger partial charge >= 0.3 is 0 Å². The van der Waals surface area contributed by atoms with Gasteiger partial charge in [-0.2, -0.15) is 4.73 Å². The molecule has 0 aliphatic carbocycles. The molecule has 0 atom stereocenters. The van der Waals surface area contributed by atoms with E-state index >= 15 is 0 Å². The predicted octanol–water partition coefficient (Wildman–Crippen LogP) is 2.85. The summed E-state index contributed by atoms with van der Waals surface area (Å²) in [5.74, 6) is 1.43. The quantitative estimate of drug-likeness (QED) is 0.732. The van der Waals surface area contributed by atoms with Crippen molar-refractivity contribution in [1.29, 1.82) is 0 Å². The normalized spacial score (nSPS) is 10.4. The van der Waals surface area contributed by atoms with Gasteiger partial charge in [-0.1, -0.05) is 12.1 Å². The average molecular weight is 267 g/mol. The van der Waals surface area contributed by atoms with Gasteiger partial charge in [0.05, 0.1) is 12.6 Å². The Morgan fingerprint density at radius 3 is 2.35 bits per heavy atom. The van der Waals surface area contributed by atoms with Crippen molar-refractivity contribution in [2.24, 2.45) is 0 Å². The standard InChI is InChI=1S/C16H13NO3/c1-19-12-6-8-13(9-7-12)20-17-11-10-16(18)14-4-2-3-5-15(14)17/h2-11H,1H3. The maximum atomic E-state index is 11.8. The molecule has 0 unspecified atom stereocenters. The molecule has 0 aliphatic rings. The van der Waals surface area contributed by atoms with Crippen molar-refractivity contribution in [3.05, 3.63) is 71.0 Å². The monoisotopic (exact) mass is 267 g/mol. The van der Waals surface area contributed by atoms with Crippen LogP contribution < -0.4 is 15.0 Å². The molecule has 4 nitrogen and oxygen atoms in total. The Labute approximate surface area is 115 Å². The zero-order chi connectivity index (χ0) is 13.9. The highest BCUT2D eigenvalue weighted by molar-refractivity contribution is 5.78. The first-order valence-electron chi connectivity index (χ1n) is 6.21. The van der Waals surface area contributed by atoms with Crippen LogP contribution >= 0.6 is 0 Å². The largest absolute Gasteiger partial charge is 0.497 e. The van der Waals surface area contributed by atoms with Gasteiger partial charge in [0.15, 0.2) is 11.2 Å². The smallest absolute Gasteiger partial charge is 0.189 e. The van der Waals surface area contributed by atoms with Crippen LogP contribution in [0.3, 0.4) is 0 Å². The first-order valence-corrected chi connectivity index (χ1v) is 6.21. The Morgan fingerprint density at radius 1 is 0.900 bits per heavy atom. The summed E-state index contributed by atoms with van der Waals surface area (Å²) in [6, 6.07) is 16.1. The molecular weight excluding hydrogens is 254 g/mol. The summed E-state index contributed by atoms with van der Waals surface area (Å²) in [6.45, 7) is 0. The second-order valence-corrected chi connectivity index (χ2v) is 4.29. The Kier molecular flexibility index (Phi) is 3.13. The third-order valence-electron chi connectivity index (χ3n) is 3.03. The fourth-order valence-electron chi connectivity index (χ4n) is 2.01. The first kappa shape index (κ1) is 12.3. The molecule has 3 rings (SSSR count). The fourth-order valence-corrected chi connectivity index (χ4v) is 2.01. The van der Waals surface area contributed by atoms with E-state index in [9.17, 15) is 4.79 Å². The summed E-state index contributed by atoms with van der Waals surface area (Å²) in [7, 11) is 1.62. The molecule has 0 saturated carbocycles. The van der Waals surface area contributed by atoms with Crippen molar-refractivity contribution in [2.45, 2.75) is 0 Å². The van der Waals surface area contributed by atoms with Crippen LogP contribution in [0.25, 0.3) is 10.9 Å². The van der Waals surface area contributed by atoms with Crippen LogP contribution in [-0.2, 0) is 0 Å². The van der Waals surface area contributed by atoms with Crippen LogP contribution in [0.2, 0.25) is 0 Å². The predicted molar refractivity (Wildman–Crippen MR) is 77.2 cm³/mol. The average Bonchev–Trinajstić information content (AvgIpc) is 2.51. The molecule has 1 aromatic heterocycles. The summed E-state index contributed by atoms with van der Waals surface area (Å²) >= 11 is 0. The van der Waals surface area contributed by atoms with Gasteiger partial charge < -0.3 is 9.57 Å². The number of methoxy groups -OCH3 is 1. The molecule has 100 valence electrons. The van der Waals surface area contributed by atoms with Crippen LogP contribution in [0.1, 0.15) is 0 Å². The minimum absolute atomic E-state index is 0.0184. The Morgan fingerprint density at radius 2 is 1.60 bits per heavy atom. The SMILES string of the molecule is COc1ccc(On2ccc(=O)c3ccccc32)cc1. The van der Waals surface area contributed by atoms with Gasteiger partial charge in [-0.05, 0) is 36.4 Å². The molecule has 3 aromatic rings. The fraction of sp³-hybridized carbons (Fsp3) is 0.0625. The number of nitrogens with zero attached hydrogens (tertiary/aromatic N) is 1. The number of hydrogen-bond acceptors (Lipinski definition) is 3. The maximum absolute atomic E-state index is 11.8. The Bertz CT molecular complexity index is 791. The molecule has 0 bridgehead atoms. The van der Waals surface area contributed by atoms with E-state index < -0.39 is 0 Å². The molecule has 20 heavy (non-hydrogen) atoms. The highest BCUT2D eigenvalue weighted by Crippen LogP contribution is 2.18. The van der Waals surface area contributed by atoms with E-state index in [1.54, 1.807) is 24.1 Å². The van der Waals surface area contributed by atoms with E-state index in [0.29, 0.717) is 11.1 Å². The van der Waals surface area contributed by atoms with Gasteiger partial charge in [-0.3, -0.25) is 4.79 Å². The zero-order valence-electron chi connectivity index (χ0n) is 10.9. The summed E-state index contributed by atoms with van der Waals surface area (Å²) in [6.07, 6.45) is 1.62. The molecule has 0 fully saturated rings. The van der Waals surface area contributed by atoms with Crippen LogP contribution in [0, 0.1) is 0 Å². The Balaban J connectivity index is 2.02. The number of fused-ring (bicyclic) bond motifs is 1. The van der Waals surface area contributed by atoms with E-state index in [1.165, 1.54) is 6.07 Å². The molecule has 0 N–H and O–H groups in total. The van der Waals surface area contributed by atoms with Crippen molar-refractivity contribution >= 4 is 10.9 Å². The highest BCUT2D eigenvalue weighted by atomic mass is 16.7. The first-order chi connectivity index (χ1) is 9.78. The van der Waals surface area contributed by atoms with E-state index in [0.717, 1.165) is 11.3 Å². The van der Waals surface area contributed by atoms with Gasteiger partial charge in [0, 0.05) is 17.6 Å². The van der Waals surface area contributed by atoms with E-state index in [4.69, 9.17) is 9.57 Å². The van der Waals surface area contributed by atoms with Gasteiger partial charge in [-0.25, -0.2) is 0 Å². The second kappa shape index (κ2) is 5.09. The number of aromatic nitrogens is 1. The third-order valence-corrected chi connectivity index (χ3v) is 3.03. The lowest BCUT2D eigenvalue weighted by Gasteiger charge is -2.11. The highest BCUT2D eigenvalue weighted by Gasteiger charge is 2.03. The van der Waals surface area contributed by atoms with Crippen LogP contribution in [0.4, 0.5) is 0 Å². The summed E-state index contributed by atoms with van der Waals surface area (Å²) in [5.41, 5.74) is 0.714. The van der Waals surface area contributed by atoms with Crippen molar-refractivity contribution in [2.75, 3.05) is 7.11 Å². The van der Waals surface area contributed by atoms with Crippen LogP contribution in [0.5, 0.6) is 11.5 Å². The lowest BCUT2D eigenvalue weighted by Crippen LogP contribution is -2.11. The molecule has 2 aromatic carbocycles. The van der Waals surface area contributed by atoms with Crippen molar-refractivity contribution in [3.8, 4) is 11.5 Å². The molecular formula is C16H13NO3. The minimum atomic E-state index is -0.0184. The van der Waals surface area contributed by atoms with E-state index in [-0.39, 0.29) is 5.43 Å². The lowest BCUT2D eigenvalue weighted by molar-refractivity contribution is 0.227. The molecule has 1 heterocycles. The molecule has 0 aliphatic heterocycles. The Hall–Kier alpha value is -2.75. The number of para-hydroxylation sites is 1. The van der Waals surface area contributed by atoms with Crippen molar-refractivity contribution in [1.82, 2.24) is 4.73 Å². The maximum Gasteiger partial charge on any atom is 0.189 e. The topological polar surface area (TPSA) is 40.5 Å². The third kappa shape index (κ3) is 2.23. The zero-order valence-corrected chi connectivity index (χ0v) is 10.9. The summed E-state index contributed by atoms with van der Waals surface area (Å²) in [4.78, 5) is 17.5. The van der Waals surface area contributed by atoms with Gasteiger partial charge in [0.1, 0.15) is 5.75 Å². The number of hydrogen-bond donors (Lipinski definition) is 0. The van der Waals surface area contributed by atoms with E-state index in [2.05, 4.69) is 0 Å². The molecule has 0 saturated heterocycles. The lowest BCUT2D eigenvalue weighted by atomic mass is 10.2. The number of rotatable bonds is 3. The van der Waals surface area contributed by atoms with Crippen LogP contribution in [-0.4, -0.2) is 11.8 Å². The van der Waals surface area contributed by atoms with Crippen LogP contribution in [0.15, 0.2) is 65.6 Å². The summed E-state index contributed by atoms with van der Waals surface area (Å²) in [5, 5.41) is 0.628.